The van der Waals surface area contributed by atoms with Crippen LogP contribution in [0.4, 0.5) is 0 Å². The van der Waals surface area contributed by atoms with Crippen LogP contribution in [0.1, 0.15) is 54.9 Å². The molecule has 0 saturated carbocycles. The first-order chi connectivity index (χ1) is 7.04. The van der Waals surface area contributed by atoms with Crippen molar-refractivity contribution in [3.05, 3.63) is 22.0 Å². The number of carbonyl (C=O) groups is 1. The van der Waals surface area contributed by atoms with Gasteiger partial charge in [0.2, 0.25) is 0 Å². The quantitative estimate of drug-likeness (QED) is 0.718. The van der Waals surface area contributed by atoms with Crippen molar-refractivity contribution >= 4 is 17.9 Å². The molecule has 15 heavy (non-hydrogen) atoms. The molecule has 0 aromatic carbocycles. The van der Waals surface area contributed by atoms with E-state index in [1.54, 1.807) is 0 Å². The molecule has 0 radical (unpaired) electrons. The summed E-state index contributed by atoms with van der Waals surface area (Å²) < 4.78 is 2.16. The molecule has 0 aliphatic carbocycles. The molecule has 0 aliphatic rings. The molecule has 0 spiro atoms. The van der Waals surface area contributed by atoms with E-state index in [9.17, 15) is 4.79 Å². The van der Waals surface area contributed by atoms with E-state index < -0.39 is 0 Å². The largest absolute Gasteiger partial charge is 0.346 e. The minimum atomic E-state index is 0.344. The molecular formula is C12H18ClNO. The van der Waals surface area contributed by atoms with Crippen LogP contribution in [0.25, 0.3) is 0 Å². The fourth-order valence-electron chi connectivity index (χ4n) is 1.96. The molecule has 0 amide bonds. The van der Waals surface area contributed by atoms with Crippen molar-refractivity contribution in [3.8, 4) is 0 Å². The molecule has 1 aromatic rings. The molecule has 84 valence electrons. The first-order valence-electron chi connectivity index (χ1n) is 5.38. The number of halogens is 1. The summed E-state index contributed by atoms with van der Waals surface area (Å²) in [5.41, 5.74) is 2.72. The summed E-state index contributed by atoms with van der Waals surface area (Å²) in [6.45, 7) is 9.20. The fourth-order valence-corrected chi connectivity index (χ4v) is 2.46. The summed E-state index contributed by atoms with van der Waals surface area (Å²) in [6.07, 6.45) is 1.90. The standard InChI is InChI=1S/C12H18ClNO/c1-5-6-14-9(4)10(7-15)11(13)12(14)8(2)3/h7-8H,5-6H2,1-4H3. The summed E-state index contributed by atoms with van der Waals surface area (Å²) >= 11 is 6.21. The highest BCUT2D eigenvalue weighted by atomic mass is 35.5. The zero-order valence-corrected chi connectivity index (χ0v) is 10.6. The highest BCUT2D eigenvalue weighted by molar-refractivity contribution is 6.34. The fraction of sp³-hybridized carbons (Fsp3) is 0.583. The lowest BCUT2D eigenvalue weighted by Crippen LogP contribution is -2.06. The van der Waals surface area contributed by atoms with Gasteiger partial charge in [-0.15, -0.1) is 0 Å². The Bertz CT molecular complexity index is 366. The summed E-state index contributed by atoms with van der Waals surface area (Å²) in [4.78, 5) is 10.9. The molecule has 0 bridgehead atoms. The Labute approximate surface area is 96.2 Å². The lowest BCUT2D eigenvalue weighted by Gasteiger charge is -2.13. The topological polar surface area (TPSA) is 22.0 Å². The van der Waals surface area contributed by atoms with Crippen LogP contribution in [-0.2, 0) is 6.54 Å². The van der Waals surface area contributed by atoms with Gasteiger partial charge < -0.3 is 4.57 Å². The zero-order valence-electron chi connectivity index (χ0n) is 9.80. The number of rotatable bonds is 4. The average Bonchev–Trinajstić information content (AvgIpc) is 2.39. The molecule has 0 atom stereocenters. The molecule has 0 N–H and O–H groups in total. The lowest BCUT2D eigenvalue weighted by atomic mass is 10.1. The molecule has 0 fully saturated rings. The van der Waals surface area contributed by atoms with Crippen molar-refractivity contribution in [3.63, 3.8) is 0 Å². The maximum atomic E-state index is 10.9. The monoisotopic (exact) mass is 227 g/mol. The van der Waals surface area contributed by atoms with Gasteiger partial charge >= 0.3 is 0 Å². The minimum Gasteiger partial charge on any atom is -0.346 e. The lowest BCUT2D eigenvalue weighted by molar-refractivity contribution is 0.112. The maximum absolute atomic E-state index is 10.9. The van der Waals surface area contributed by atoms with Gasteiger partial charge in [0.25, 0.3) is 0 Å². The van der Waals surface area contributed by atoms with Gasteiger partial charge in [0.15, 0.2) is 6.29 Å². The SMILES string of the molecule is CCCn1c(C)c(C=O)c(Cl)c1C(C)C. The van der Waals surface area contributed by atoms with Crippen molar-refractivity contribution in [1.82, 2.24) is 4.57 Å². The smallest absolute Gasteiger partial charge is 0.153 e. The predicted octanol–water partition coefficient (Wildman–Crippen LogP) is 3.80. The number of aldehydes is 1. The molecule has 3 heteroatoms. The van der Waals surface area contributed by atoms with E-state index in [0.717, 1.165) is 30.6 Å². The first-order valence-corrected chi connectivity index (χ1v) is 5.76. The van der Waals surface area contributed by atoms with E-state index in [1.165, 1.54) is 0 Å². The molecule has 1 rings (SSSR count). The van der Waals surface area contributed by atoms with Gasteiger partial charge in [-0.2, -0.15) is 0 Å². The molecular weight excluding hydrogens is 210 g/mol. The highest BCUT2D eigenvalue weighted by Crippen LogP contribution is 2.32. The van der Waals surface area contributed by atoms with Crippen molar-refractivity contribution < 1.29 is 4.79 Å². The number of hydrogen-bond donors (Lipinski definition) is 0. The molecule has 0 aliphatic heterocycles. The number of hydrogen-bond acceptors (Lipinski definition) is 1. The van der Waals surface area contributed by atoms with Gasteiger partial charge in [-0.1, -0.05) is 32.4 Å². The van der Waals surface area contributed by atoms with Crippen molar-refractivity contribution in [1.29, 1.82) is 0 Å². The Morgan fingerprint density at radius 1 is 1.47 bits per heavy atom. The van der Waals surface area contributed by atoms with Crippen molar-refractivity contribution in [2.24, 2.45) is 0 Å². The van der Waals surface area contributed by atoms with E-state index >= 15 is 0 Å². The minimum absolute atomic E-state index is 0.344. The zero-order chi connectivity index (χ0) is 11.6. The van der Waals surface area contributed by atoms with Crippen molar-refractivity contribution in [2.45, 2.75) is 46.6 Å². The second-order valence-corrected chi connectivity index (χ2v) is 4.50. The molecule has 0 unspecified atom stereocenters. The third-order valence-corrected chi connectivity index (χ3v) is 3.06. The Morgan fingerprint density at radius 2 is 2.07 bits per heavy atom. The number of nitrogens with zero attached hydrogens (tertiary/aromatic N) is 1. The Balaban J connectivity index is 3.39. The summed E-state index contributed by atoms with van der Waals surface area (Å²) in [7, 11) is 0. The summed E-state index contributed by atoms with van der Waals surface area (Å²) in [5.74, 6) is 0.344. The normalized spacial score (nSPS) is 11.1. The third kappa shape index (κ3) is 2.10. The Kier molecular flexibility index (Phi) is 3.97. The second-order valence-electron chi connectivity index (χ2n) is 4.12. The Hall–Kier alpha value is -0.760. The van der Waals surface area contributed by atoms with Crippen LogP contribution in [0.15, 0.2) is 0 Å². The second kappa shape index (κ2) is 4.84. The van der Waals surface area contributed by atoms with E-state index in [4.69, 9.17) is 11.6 Å². The van der Waals surface area contributed by atoms with Gasteiger partial charge in [-0.25, -0.2) is 0 Å². The maximum Gasteiger partial charge on any atom is 0.153 e. The molecule has 1 aromatic heterocycles. The summed E-state index contributed by atoms with van der Waals surface area (Å²) in [6, 6.07) is 0. The van der Waals surface area contributed by atoms with Crippen LogP contribution in [0, 0.1) is 6.92 Å². The van der Waals surface area contributed by atoms with Crippen LogP contribution >= 0.6 is 11.6 Å². The molecule has 2 nitrogen and oxygen atoms in total. The number of carbonyl (C=O) groups excluding carboxylic acids is 1. The molecule has 0 saturated heterocycles. The summed E-state index contributed by atoms with van der Waals surface area (Å²) in [5, 5.41) is 0.631. The van der Waals surface area contributed by atoms with E-state index in [-0.39, 0.29) is 0 Å². The predicted molar refractivity (Wildman–Crippen MR) is 63.9 cm³/mol. The van der Waals surface area contributed by atoms with Gasteiger partial charge in [-0.3, -0.25) is 4.79 Å². The van der Waals surface area contributed by atoms with E-state index in [1.807, 2.05) is 6.92 Å². The van der Waals surface area contributed by atoms with Gasteiger partial charge in [0.1, 0.15) is 0 Å². The average molecular weight is 228 g/mol. The van der Waals surface area contributed by atoms with Crippen molar-refractivity contribution in [2.75, 3.05) is 0 Å². The van der Waals surface area contributed by atoms with E-state index in [2.05, 4.69) is 25.3 Å². The van der Waals surface area contributed by atoms with Gasteiger partial charge in [0.05, 0.1) is 10.6 Å². The van der Waals surface area contributed by atoms with Crippen LogP contribution in [-0.4, -0.2) is 10.9 Å². The van der Waals surface area contributed by atoms with Gasteiger partial charge in [-0.05, 0) is 19.3 Å². The van der Waals surface area contributed by atoms with Crippen LogP contribution < -0.4 is 0 Å². The van der Waals surface area contributed by atoms with Gasteiger partial charge in [0, 0.05) is 17.9 Å². The molecule has 1 heterocycles. The number of aromatic nitrogens is 1. The third-order valence-electron chi connectivity index (χ3n) is 2.66. The highest BCUT2D eigenvalue weighted by Gasteiger charge is 2.19. The van der Waals surface area contributed by atoms with E-state index in [0.29, 0.717) is 16.5 Å². The van der Waals surface area contributed by atoms with Crippen LogP contribution in [0.2, 0.25) is 5.02 Å². The Morgan fingerprint density at radius 3 is 2.47 bits per heavy atom. The van der Waals surface area contributed by atoms with Crippen LogP contribution in [0.5, 0.6) is 0 Å². The first kappa shape index (κ1) is 12.3. The van der Waals surface area contributed by atoms with Crippen LogP contribution in [0.3, 0.4) is 0 Å².